The number of hydrogen-bond donors (Lipinski definition) is 3. The number of fused-ring (bicyclic) bond motifs is 1. The molecule has 3 amide bonds. The van der Waals surface area contributed by atoms with E-state index >= 15 is 0 Å². The van der Waals surface area contributed by atoms with Gasteiger partial charge in [-0.05, 0) is 51.5 Å². The summed E-state index contributed by atoms with van der Waals surface area (Å²) in [5, 5.41) is 6.83. The molecule has 1 aliphatic heterocycles. The van der Waals surface area contributed by atoms with Crippen LogP contribution in [0, 0.1) is 6.92 Å². The maximum Gasteiger partial charge on any atom is 0.410 e. The van der Waals surface area contributed by atoms with Crippen molar-refractivity contribution in [1.29, 1.82) is 0 Å². The van der Waals surface area contributed by atoms with E-state index in [0.29, 0.717) is 25.3 Å². The maximum atomic E-state index is 12.3. The van der Waals surface area contributed by atoms with Gasteiger partial charge in [-0.1, -0.05) is 18.2 Å². The highest BCUT2D eigenvalue weighted by Crippen LogP contribution is 2.21. The van der Waals surface area contributed by atoms with E-state index in [1.807, 2.05) is 52.0 Å². The zero-order valence-electron chi connectivity index (χ0n) is 20.9. The third-order valence-corrected chi connectivity index (χ3v) is 5.82. The van der Waals surface area contributed by atoms with Gasteiger partial charge in [-0.3, -0.25) is 9.88 Å². The van der Waals surface area contributed by atoms with E-state index in [9.17, 15) is 9.59 Å². The van der Waals surface area contributed by atoms with Crippen molar-refractivity contribution in [2.75, 3.05) is 31.5 Å². The monoisotopic (exact) mass is 478 g/mol. The summed E-state index contributed by atoms with van der Waals surface area (Å²) in [5.74, 6) is 0. The summed E-state index contributed by atoms with van der Waals surface area (Å²) >= 11 is 0. The third-order valence-electron chi connectivity index (χ3n) is 5.82. The van der Waals surface area contributed by atoms with Crippen LogP contribution in [-0.4, -0.2) is 63.7 Å². The van der Waals surface area contributed by atoms with Crippen LogP contribution >= 0.6 is 0 Å². The average molecular weight is 479 g/mol. The molecule has 0 unspecified atom stereocenters. The van der Waals surface area contributed by atoms with Crippen LogP contribution in [0.15, 0.2) is 42.6 Å². The lowest BCUT2D eigenvalue weighted by Crippen LogP contribution is -2.49. The molecule has 0 radical (unpaired) electrons. The highest BCUT2D eigenvalue weighted by molar-refractivity contribution is 5.89. The second kappa shape index (κ2) is 10.4. The Morgan fingerprint density at radius 2 is 1.89 bits per heavy atom. The Hall–Kier alpha value is -3.59. The maximum absolute atomic E-state index is 12.3. The molecule has 0 aliphatic carbocycles. The Morgan fingerprint density at radius 1 is 1.11 bits per heavy atom. The average Bonchev–Trinajstić information content (AvgIpc) is 3.21. The molecule has 1 saturated heterocycles. The molecule has 9 nitrogen and oxygen atoms in total. The third kappa shape index (κ3) is 6.73. The minimum atomic E-state index is -0.482. The lowest BCUT2D eigenvalue weighted by atomic mass is 10.1. The van der Waals surface area contributed by atoms with Gasteiger partial charge in [-0.2, -0.15) is 0 Å². The number of piperazine rings is 1. The first-order valence-corrected chi connectivity index (χ1v) is 11.9. The van der Waals surface area contributed by atoms with Crippen LogP contribution in [0.2, 0.25) is 0 Å². The predicted molar refractivity (Wildman–Crippen MR) is 136 cm³/mol. The number of anilines is 1. The molecule has 1 aliphatic rings. The van der Waals surface area contributed by atoms with Gasteiger partial charge in [0.1, 0.15) is 5.60 Å². The van der Waals surface area contributed by atoms with E-state index in [2.05, 4.69) is 37.6 Å². The van der Waals surface area contributed by atoms with Crippen LogP contribution in [0.3, 0.4) is 0 Å². The molecule has 0 saturated carbocycles. The lowest BCUT2D eigenvalue weighted by Gasteiger charge is -2.35. The van der Waals surface area contributed by atoms with Gasteiger partial charge in [-0.15, -0.1) is 0 Å². The van der Waals surface area contributed by atoms with Gasteiger partial charge in [0.05, 0.1) is 17.4 Å². The van der Waals surface area contributed by atoms with Gasteiger partial charge in [0.25, 0.3) is 0 Å². The van der Waals surface area contributed by atoms with E-state index in [-0.39, 0.29) is 12.1 Å². The Bertz CT molecular complexity index is 1170. The summed E-state index contributed by atoms with van der Waals surface area (Å²) < 4.78 is 5.49. The Labute approximate surface area is 205 Å². The number of urea groups is 1. The van der Waals surface area contributed by atoms with Gasteiger partial charge < -0.3 is 25.3 Å². The SMILES string of the molecule is Cc1ccc(NC(=O)NCc2cccc3cc(CN4CCN(C(=O)OC(C)(C)C)CC4)[nH]c23)cn1. The van der Waals surface area contributed by atoms with Gasteiger partial charge >= 0.3 is 12.1 Å². The summed E-state index contributed by atoms with van der Waals surface area (Å²) in [6.45, 7) is 11.6. The lowest BCUT2D eigenvalue weighted by molar-refractivity contribution is 0.0138. The van der Waals surface area contributed by atoms with E-state index in [0.717, 1.165) is 47.5 Å². The number of aryl methyl sites for hydroxylation is 1. The number of hydrogen-bond acceptors (Lipinski definition) is 5. The van der Waals surface area contributed by atoms with E-state index in [1.165, 1.54) is 0 Å². The number of aromatic amines is 1. The number of amides is 3. The van der Waals surface area contributed by atoms with Gasteiger partial charge in [0.2, 0.25) is 0 Å². The molecule has 3 heterocycles. The van der Waals surface area contributed by atoms with Crippen LogP contribution in [-0.2, 0) is 17.8 Å². The fourth-order valence-corrected chi connectivity index (χ4v) is 4.06. The molecule has 2 aromatic heterocycles. The van der Waals surface area contributed by atoms with Gasteiger partial charge in [0.15, 0.2) is 0 Å². The molecule has 1 fully saturated rings. The number of carbonyl (C=O) groups excluding carboxylic acids is 2. The van der Waals surface area contributed by atoms with Crippen molar-refractivity contribution in [1.82, 2.24) is 25.1 Å². The van der Waals surface area contributed by atoms with Crippen molar-refractivity contribution in [3.8, 4) is 0 Å². The second-order valence-electron chi connectivity index (χ2n) is 9.92. The van der Waals surface area contributed by atoms with Crippen LogP contribution in [0.1, 0.15) is 37.7 Å². The Kier molecular flexibility index (Phi) is 7.25. The zero-order chi connectivity index (χ0) is 25.0. The van der Waals surface area contributed by atoms with Gasteiger partial charge in [0, 0.05) is 56.0 Å². The van der Waals surface area contributed by atoms with Crippen molar-refractivity contribution >= 4 is 28.7 Å². The number of H-pyrrole nitrogens is 1. The molecular formula is C26H34N6O3. The summed E-state index contributed by atoms with van der Waals surface area (Å²) in [7, 11) is 0. The summed E-state index contributed by atoms with van der Waals surface area (Å²) in [6.07, 6.45) is 1.39. The number of pyridine rings is 1. The second-order valence-corrected chi connectivity index (χ2v) is 9.92. The first kappa shape index (κ1) is 24.5. The number of aromatic nitrogens is 2. The van der Waals surface area contributed by atoms with Crippen LogP contribution < -0.4 is 10.6 Å². The molecule has 0 atom stereocenters. The number of nitrogens with zero attached hydrogens (tertiary/aromatic N) is 3. The van der Waals surface area contributed by atoms with Crippen molar-refractivity contribution in [2.45, 2.75) is 46.4 Å². The number of para-hydroxylation sites is 1. The normalized spacial score (nSPS) is 14.7. The minimum absolute atomic E-state index is 0.248. The Morgan fingerprint density at radius 3 is 2.57 bits per heavy atom. The number of carbonyl (C=O) groups is 2. The fraction of sp³-hybridized carbons (Fsp3) is 0.423. The highest BCUT2D eigenvalue weighted by atomic mass is 16.6. The van der Waals surface area contributed by atoms with Crippen molar-refractivity contribution in [2.24, 2.45) is 0 Å². The fourth-order valence-electron chi connectivity index (χ4n) is 4.06. The van der Waals surface area contributed by atoms with Crippen LogP contribution in [0.25, 0.3) is 10.9 Å². The minimum Gasteiger partial charge on any atom is -0.444 e. The standard InChI is InChI=1S/C26H34N6O3/c1-18-8-9-21(16-27-18)30-24(33)28-15-20-7-5-6-19-14-22(29-23(19)20)17-31-10-12-32(13-11-31)25(34)35-26(2,3)4/h5-9,14,16,29H,10-13,15,17H2,1-4H3,(H2,28,30,33). The molecule has 0 spiro atoms. The predicted octanol–water partition coefficient (Wildman–Crippen LogP) is 4.25. The molecule has 3 aromatic rings. The van der Waals surface area contributed by atoms with E-state index in [4.69, 9.17) is 4.74 Å². The van der Waals surface area contributed by atoms with Gasteiger partial charge in [-0.25, -0.2) is 9.59 Å². The number of nitrogens with one attached hydrogen (secondary N) is 3. The van der Waals surface area contributed by atoms with E-state index < -0.39 is 5.60 Å². The number of ether oxygens (including phenoxy) is 1. The van der Waals surface area contributed by atoms with E-state index in [1.54, 1.807) is 11.1 Å². The molecule has 35 heavy (non-hydrogen) atoms. The topological polar surface area (TPSA) is 103 Å². The molecule has 9 heteroatoms. The molecule has 3 N–H and O–H groups in total. The number of benzene rings is 1. The largest absolute Gasteiger partial charge is 0.444 e. The molecule has 1 aromatic carbocycles. The van der Waals surface area contributed by atoms with Crippen molar-refractivity contribution in [3.05, 3.63) is 59.5 Å². The van der Waals surface area contributed by atoms with Crippen LogP contribution in [0.5, 0.6) is 0 Å². The first-order valence-electron chi connectivity index (χ1n) is 11.9. The quantitative estimate of drug-likeness (QED) is 0.509. The molecule has 186 valence electrons. The molecular weight excluding hydrogens is 444 g/mol. The summed E-state index contributed by atoms with van der Waals surface area (Å²) in [6, 6.07) is 11.6. The Balaban J connectivity index is 1.32. The summed E-state index contributed by atoms with van der Waals surface area (Å²) in [5.41, 5.74) is 4.21. The summed E-state index contributed by atoms with van der Waals surface area (Å²) in [4.78, 5) is 36.4. The molecule has 0 bridgehead atoms. The smallest absolute Gasteiger partial charge is 0.410 e. The van der Waals surface area contributed by atoms with Crippen molar-refractivity contribution < 1.29 is 14.3 Å². The molecule has 4 rings (SSSR count). The van der Waals surface area contributed by atoms with Crippen molar-refractivity contribution in [3.63, 3.8) is 0 Å². The van der Waals surface area contributed by atoms with Crippen LogP contribution in [0.4, 0.5) is 15.3 Å². The first-order chi connectivity index (χ1) is 16.7. The number of rotatable bonds is 5. The zero-order valence-corrected chi connectivity index (χ0v) is 20.9. The highest BCUT2D eigenvalue weighted by Gasteiger charge is 2.26.